The van der Waals surface area contributed by atoms with Gasteiger partial charge >= 0.3 is 11.9 Å². The third-order valence-electron chi connectivity index (χ3n) is 5.67. The van der Waals surface area contributed by atoms with Crippen LogP contribution in [0.4, 0.5) is 0 Å². The van der Waals surface area contributed by atoms with E-state index in [9.17, 15) is 29.1 Å². The molecule has 7 N–H and O–H groups in total. The van der Waals surface area contributed by atoms with E-state index in [-0.39, 0.29) is 12.3 Å². The van der Waals surface area contributed by atoms with E-state index < -0.39 is 66.2 Å². The van der Waals surface area contributed by atoms with E-state index in [2.05, 4.69) is 16.0 Å². The van der Waals surface area contributed by atoms with Gasteiger partial charge in [-0.05, 0) is 17.4 Å². The Morgan fingerprint density at radius 2 is 1.40 bits per heavy atom. The molecule has 0 radical (unpaired) electrons. The van der Waals surface area contributed by atoms with E-state index in [1.165, 1.54) is 0 Å². The van der Waals surface area contributed by atoms with Crippen LogP contribution >= 0.6 is 0 Å². The normalized spacial score (nSPS) is 15.3. The van der Waals surface area contributed by atoms with Gasteiger partial charge in [0.1, 0.15) is 18.1 Å². The topological polar surface area (TPSA) is 188 Å². The molecule has 1 aromatic rings. The number of rotatable bonds is 14. The maximum Gasteiger partial charge on any atom is 0.326 e. The van der Waals surface area contributed by atoms with Gasteiger partial charge in [0, 0.05) is 6.42 Å². The Kier molecular flexibility index (Phi) is 11.9. The van der Waals surface area contributed by atoms with Crippen molar-refractivity contribution in [1.82, 2.24) is 16.0 Å². The smallest absolute Gasteiger partial charge is 0.326 e. The van der Waals surface area contributed by atoms with Crippen molar-refractivity contribution in [2.45, 2.75) is 71.1 Å². The van der Waals surface area contributed by atoms with Crippen LogP contribution in [0.5, 0.6) is 0 Å². The van der Waals surface area contributed by atoms with Crippen molar-refractivity contribution in [3.63, 3.8) is 0 Å². The Hall–Kier alpha value is -3.47. The maximum atomic E-state index is 13.1. The number of nitrogens with one attached hydrogen (secondary N) is 3. The molecular weight excluding hydrogens is 456 g/mol. The first-order valence-corrected chi connectivity index (χ1v) is 11.5. The van der Waals surface area contributed by atoms with Gasteiger partial charge in [-0.15, -0.1) is 0 Å². The minimum absolute atomic E-state index is 0.0647. The van der Waals surface area contributed by atoms with E-state index in [0.717, 1.165) is 5.56 Å². The van der Waals surface area contributed by atoms with E-state index >= 15 is 0 Å². The van der Waals surface area contributed by atoms with Crippen LogP contribution in [0.15, 0.2) is 30.3 Å². The predicted octanol–water partition coefficient (Wildman–Crippen LogP) is 0.272. The van der Waals surface area contributed by atoms with Crippen molar-refractivity contribution in [2.24, 2.45) is 17.6 Å². The Balaban J connectivity index is 3.00. The SMILES string of the molecule is CCC(C)C(NC(=O)C(NC(=O)C(N)CC(=O)O)C(C)C)C(=O)NC(Cc1ccccc1)C(=O)O. The van der Waals surface area contributed by atoms with Crippen LogP contribution in [0.25, 0.3) is 0 Å². The quantitative estimate of drug-likeness (QED) is 0.213. The first kappa shape index (κ1) is 29.6. The van der Waals surface area contributed by atoms with Gasteiger partial charge in [0.05, 0.1) is 12.5 Å². The molecule has 11 nitrogen and oxygen atoms in total. The average molecular weight is 493 g/mol. The zero-order valence-corrected chi connectivity index (χ0v) is 20.5. The molecule has 0 saturated carbocycles. The van der Waals surface area contributed by atoms with E-state index in [0.29, 0.717) is 6.42 Å². The van der Waals surface area contributed by atoms with Gasteiger partial charge in [-0.3, -0.25) is 19.2 Å². The molecule has 0 saturated heterocycles. The number of carbonyl (C=O) groups is 5. The first-order chi connectivity index (χ1) is 16.4. The second-order valence-corrected chi connectivity index (χ2v) is 8.90. The van der Waals surface area contributed by atoms with Crippen LogP contribution < -0.4 is 21.7 Å². The minimum atomic E-state index is -1.34. The molecule has 0 fully saturated rings. The lowest BCUT2D eigenvalue weighted by Crippen LogP contribution is -2.60. The summed E-state index contributed by atoms with van der Waals surface area (Å²) in [6.45, 7) is 6.91. The van der Waals surface area contributed by atoms with Crippen molar-refractivity contribution in [2.75, 3.05) is 0 Å². The summed E-state index contributed by atoms with van der Waals surface area (Å²) in [5.74, 6) is -5.34. The highest BCUT2D eigenvalue weighted by atomic mass is 16.4. The molecule has 35 heavy (non-hydrogen) atoms. The molecule has 194 valence electrons. The fraction of sp³-hybridized carbons (Fsp3) is 0.542. The Morgan fingerprint density at radius 3 is 1.89 bits per heavy atom. The lowest BCUT2D eigenvalue weighted by molar-refractivity contribution is -0.142. The van der Waals surface area contributed by atoms with Gasteiger partial charge in [-0.2, -0.15) is 0 Å². The summed E-state index contributed by atoms with van der Waals surface area (Å²) < 4.78 is 0. The highest BCUT2D eigenvalue weighted by Gasteiger charge is 2.34. The van der Waals surface area contributed by atoms with Crippen molar-refractivity contribution >= 4 is 29.7 Å². The van der Waals surface area contributed by atoms with Gasteiger partial charge < -0.3 is 31.9 Å². The van der Waals surface area contributed by atoms with Crippen molar-refractivity contribution in [3.05, 3.63) is 35.9 Å². The Labute approximate surface area is 204 Å². The van der Waals surface area contributed by atoms with Gasteiger partial charge in [-0.1, -0.05) is 64.4 Å². The molecule has 0 heterocycles. The van der Waals surface area contributed by atoms with E-state index in [1.807, 2.05) is 6.92 Å². The highest BCUT2D eigenvalue weighted by molar-refractivity contribution is 5.95. The summed E-state index contributed by atoms with van der Waals surface area (Å²) >= 11 is 0. The fourth-order valence-corrected chi connectivity index (χ4v) is 3.33. The largest absolute Gasteiger partial charge is 0.481 e. The van der Waals surface area contributed by atoms with Crippen molar-refractivity contribution in [1.29, 1.82) is 0 Å². The summed E-state index contributed by atoms with van der Waals surface area (Å²) in [6, 6.07) is 4.14. The standard InChI is InChI=1S/C24H36N4O7/c1-5-14(4)20(23(33)26-17(24(34)35)11-15-9-7-6-8-10-15)28-22(32)19(13(2)3)27-21(31)16(25)12-18(29)30/h6-10,13-14,16-17,19-20H,5,11-12,25H2,1-4H3,(H,26,33)(H,27,31)(H,28,32)(H,29,30)(H,34,35). The van der Waals surface area contributed by atoms with Gasteiger partial charge in [0.25, 0.3) is 0 Å². The van der Waals surface area contributed by atoms with Crippen LogP contribution in [0.1, 0.15) is 46.1 Å². The zero-order chi connectivity index (χ0) is 26.7. The molecule has 0 aromatic heterocycles. The second-order valence-electron chi connectivity index (χ2n) is 8.90. The summed E-state index contributed by atoms with van der Waals surface area (Å²) in [7, 11) is 0. The van der Waals surface area contributed by atoms with Gasteiger partial charge in [0.15, 0.2) is 0 Å². The van der Waals surface area contributed by atoms with Crippen molar-refractivity contribution < 1.29 is 34.2 Å². The molecule has 1 rings (SSSR count). The summed E-state index contributed by atoms with van der Waals surface area (Å²) in [4.78, 5) is 61.0. The van der Waals surface area contributed by atoms with Crippen molar-refractivity contribution in [3.8, 4) is 0 Å². The molecule has 3 amide bonds. The molecule has 11 heteroatoms. The zero-order valence-electron chi connectivity index (χ0n) is 20.5. The highest BCUT2D eigenvalue weighted by Crippen LogP contribution is 2.12. The number of hydrogen-bond acceptors (Lipinski definition) is 6. The first-order valence-electron chi connectivity index (χ1n) is 11.5. The number of carbonyl (C=O) groups excluding carboxylic acids is 3. The molecule has 0 aliphatic heterocycles. The predicted molar refractivity (Wildman–Crippen MR) is 128 cm³/mol. The minimum Gasteiger partial charge on any atom is -0.481 e. The van der Waals surface area contributed by atoms with Crippen LogP contribution in [-0.2, 0) is 30.4 Å². The molecule has 5 unspecified atom stereocenters. The van der Waals surface area contributed by atoms with Crippen LogP contribution in [-0.4, -0.2) is 64.0 Å². The van der Waals surface area contributed by atoms with Crippen LogP contribution in [0, 0.1) is 11.8 Å². The lowest BCUT2D eigenvalue weighted by Gasteiger charge is -2.29. The molecule has 1 aromatic carbocycles. The maximum absolute atomic E-state index is 13.1. The van der Waals surface area contributed by atoms with Gasteiger partial charge in [-0.25, -0.2) is 4.79 Å². The number of carboxylic acids is 2. The van der Waals surface area contributed by atoms with E-state index in [1.54, 1.807) is 51.1 Å². The Bertz CT molecular complexity index is 891. The molecule has 0 aliphatic rings. The summed E-state index contributed by atoms with van der Waals surface area (Å²) in [5.41, 5.74) is 6.31. The summed E-state index contributed by atoms with van der Waals surface area (Å²) in [6.07, 6.45) is -0.0274. The number of hydrogen-bond donors (Lipinski definition) is 6. The third kappa shape index (κ3) is 9.73. The summed E-state index contributed by atoms with van der Waals surface area (Å²) in [5, 5.41) is 26.0. The molecule has 0 bridgehead atoms. The number of amides is 3. The fourth-order valence-electron chi connectivity index (χ4n) is 3.33. The lowest BCUT2D eigenvalue weighted by atomic mass is 9.95. The molecule has 0 aliphatic carbocycles. The number of carboxylic acid groups (broad SMARTS) is 2. The monoisotopic (exact) mass is 492 g/mol. The van der Waals surface area contributed by atoms with Crippen LogP contribution in [0.2, 0.25) is 0 Å². The molecular formula is C24H36N4O7. The second kappa shape index (κ2) is 14.1. The molecule has 0 spiro atoms. The van der Waals surface area contributed by atoms with Crippen LogP contribution in [0.3, 0.4) is 0 Å². The average Bonchev–Trinajstić information content (AvgIpc) is 2.79. The third-order valence-corrected chi connectivity index (χ3v) is 5.67. The van der Waals surface area contributed by atoms with E-state index in [4.69, 9.17) is 10.8 Å². The molecule has 5 atom stereocenters. The number of benzene rings is 1. The Morgan fingerprint density at radius 1 is 0.857 bits per heavy atom. The number of aliphatic carboxylic acids is 2. The number of nitrogens with two attached hydrogens (primary N) is 1. The van der Waals surface area contributed by atoms with Gasteiger partial charge in [0.2, 0.25) is 17.7 Å².